The van der Waals surface area contributed by atoms with Crippen molar-refractivity contribution < 1.29 is 14.4 Å². The lowest BCUT2D eigenvalue weighted by Gasteiger charge is -2.29. The van der Waals surface area contributed by atoms with Gasteiger partial charge in [-0.05, 0) is 31.5 Å². The maximum absolute atomic E-state index is 12.5. The van der Waals surface area contributed by atoms with E-state index in [9.17, 15) is 14.4 Å². The van der Waals surface area contributed by atoms with Crippen LogP contribution in [-0.4, -0.2) is 40.6 Å². The van der Waals surface area contributed by atoms with Crippen LogP contribution in [0.3, 0.4) is 0 Å². The number of imide groups is 1. The zero-order valence-corrected chi connectivity index (χ0v) is 14.0. The van der Waals surface area contributed by atoms with E-state index in [1.807, 2.05) is 26.0 Å². The SMILES string of the molecule is CCN(C(=O)CCN1C(=O)CCC1=O)C(C)c1ccc(C#N)cc1. The molecular weight excluding hydrogens is 306 g/mol. The van der Waals surface area contributed by atoms with Crippen LogP contribution in [-0.2, 0) is 14.4 Å². The molecule has 24 heavy (non-hydrogen) atoms. The number of nitrogens with zero attached hydrogens (tertiary/aromatic N) is 3. The first-order valence-corrected chi connectivity index (χ1v) is 8.10. The van der Waals surface area contributed by atoms with Crippen LogP contribution in [0.15, 0.2) is 24.3 Å². The van der Waals surface area contributed by atoms with Gasteiger partial charge in [0.15, 0.2) is 0 Å². The van der Waals surface area contributed by atoms with Gasteiger partial charge in [-0.1, -0.05) is 12.1 Å². The summed E-state index contributed by atoms with van der Waals surface area (Å²) in [6.07, 6.45) is 0.615. The lowest BCUT2D eigenvalue weighted by Crippen LogP contribution is -2.37. The molecule has 0 saturated carbocycles. The van der Waals surface area contributed by atoms with E-state index >= 15 is 0 Å². The lowest BCUT2D eigenvalue weighted by atomic mass is 10.0. The van der Waals surface area contributed by atoms with Crippen LogP contribution in [0, 0.1) is 11.3 Å². The third kappa shape index (κ3) is 3.80. The predicted octanol–water partition coefficient (Wildman–Crippen LogP) is 2.01. The van der Waals surface area contributed by atoms with E-state index in [1.54, 1.807) is 17.0 Å². The van der Waals surface area contributed by atoms with Gasteiger partial charge in [0.05, 0.1) is 17.7 Å². The summed E-state index contributed by atoms with van der Waals surface area (Å²) in [6, 6.07) is 9.07. The Balaban J connectivity index is 2.00. The molecule has 1 unspecified atom stereocenters. The molecule has 0 N–H and O–H groups in total. The van der Waals surface area contributed by atoms with Gasteiger partial charge < -0.3 is 4.90 Å². The number of carbonyl (C=O) groups is 3. The molecule has 0 radical (unpaired) electrons. The second-order valence-electron chi connectivity index (χ2n) is 5.78. The average molecular weight is 327 g/mol. The molecule has 1 aromatic carbocycles. The summed E-state index contributed by atoms with van der Waals surface area (Å²) in [5, 5.41) is 8.85. The van der Waals surface area contributed by atoms with Crippen molar-refractivity contribution in [1.82, 2.24) is 9.80 Å². The Morgan fingerprint density at radius 1 is 1.25 bits per heavy atom. The fourth-order valence-electron chi connectivity index (χ4n) is 2.91. The molecule has 6 heteroatoms. The minimum absolute atomic E-state index is 0.0955. The summed E-state index contributed by atoms with van der Waals surface area (Å²) in [5.41, 5.74) is 1.52. The number of benzene rings is 1. The molecule has 0 aliphatic carbocycles. The Hall–Kier alpha value is -2.68. The van der Waals surface area contributed by atoms with E-state index in [1.165, 1.54) is 4.90 Å². The molecule has 3 amide bonds. The van der Waals surface area contributed by atoms with Gasteiger partial charge in [0.25, 0.3) is 0 Å². The molecule has 1 atom stereocenters. The highest BCUT2D eigenvalue weighted by Gasteiger charge is 2.30. The van der Waals surface area contributed by atoms with E-state index in [4.69, 9.17) is 5.26 Å². The topological polar surface area (TPSA) is 81.5 Å². The van der Waals surface area contributed by atoms with Crippen LogP contribution < -0.4 is 0 Å². The molecule has 126 valence electrons. The highest BCUT2D eigenvalue weighted by Crippen LogP contribution is 2.22. The Morgan fingerprint density at radius 2 is 1.83 bits per heavy atom. The summed E-state index contributed by atoms with van der Waals surface area (Å²) < 4.78 is 0. The molecule has 1 saturated heterocycles. The van der Waals surface area contributed by atoms with Gasteiger partial charge >= 0.3 is 0 Å². The number of amides is 3. The summed E-state index contributed by atoms with van der Waals surface area (Å²) in [6.45, 7) is 4.49. The molecule has 2 rings (SSSR count). The zero-order chi connectivity index (χ0) is 17.7. The van der Waals surface area contributed by atoms with Gasteiger partial charge in [0.1, 0.15) is 0 Å². The van der Waals surface area contributed by atoms with Crippen LogP contribution in [0.2, 0.25) is 0 Å². The van der Waals surface area contributed by atoms with Crippen molar-refractivity contribution in [3.05, 3.63) is 35.4 Å². The minimum atomic E-state index is -0.198. The van der Waals surface area contributed by atoms with Gasteiger partial charge in [0, 0.05) is 32.4 Å². The molecule has 0 bridgehead atoms. The van der Waals surface area contributed by atoms with E-state index in [0.29, 0.717) is 12.1 Å². The van der Waals surface area contributed by atoms with Gasteiger partial charge in [0.2, 0.25) is 17.7 Å². The molecule has 0 aromatic heterocycles. The second kappa shape index (κ2) is 7.73. The van der Waals surface area contributed by atoms with Gasteiger partial charge in [-0.3, -0.25) is 19.3 Å². The largest absolute Gasteiger partial charge is 0.336 e. The highest BCUT2D eigenvalue weighted by molar-refractivity contribution is 6.02. The van der Waals surface area contributed by atoms with Crippen LogP contribution >= 0.6 is 0 Å². The van der Waals surface area contributed by atoms with E-state index in [-0.39, 0.29) is 49.6 Å². The zero-order valence-electron chi connectivity index (χ0n) is 14.0. The fourth-order valence-corrected chi connectivity index (χ4v) is 2.91. The third-order valence-electron chi connectivity index (χ3n) is 4.35. The predicted molar refractivity (Wildman–Crippen MR) is 87.5 cm³/mol. The fraction of sp³-hybridized carbons (Fsp3) is 0.444. The normalized spacial score (nSPS) is 15.3. The average Bonchev–Trinajstić information content (AvgIpc) is 2.91. The van der Waals surface area contributed by atoms with Crippen molar-refractivity contribution in [2.45, 2.75) is 39.2 Å². The van der Waals surface area contributed by atoms with Gasteiger partial charge in [-0.25, -0.2) is 0 Å². The van der Waals surface area contributed by atoms with Crippen LogP contribution in [0.4, 0.5) is 0 Å². The Bertz CT molecular complexity index is 660. The van der Waals surface area contributed by atoms with Crippen LogP contribution in [0.1, 0.15) is 50.3 Å². The Labute approximate surface area is 141 Å². The van der Waals surface area contributed by atoms with Crippen molar-refractivity contribution in [2.75, 3.05) is 13.1 Å². The van der Waals surface area contributed by atoms with Crippen molar-refractivity contribution in [3.8, 4) is 6.07 Å². The summed E-state index contributed by atoms with van der Waals surface area (Å²) in [7, 11) is 0. The van der Waals surface area contributed by atoms with Crippen LogP contribution in [0.25, 0.3) is 0 Å². The van der Waals surface area contributed by atoms with E-state index < -0.39 is 0 Å². The molecule has 6 nitrogen and oxygen atoms in total. The van der Waals surface area contributed by atoms with Crippen molar-refractivity contribution in [1.29, 1.82) is 5.26 Å². The smallest absolute Gasteiger partial charge is 0.229 e. The minimum Gasteiger partial charge on any atom is -0.336 e. The van der Waals surface area contributed by atoms with Crippen LogP contribution in [0.5, 0.6) is 0 Å². The molecule has 1 fully saturated rings. The highest BCUT2D eigenvalue weighted by atomic mass is 16.2. The number of hydrogen-bond acceptors (Lipinski definition) is 4. The number of nitriles is 1. The molecular formula is C18H21N3O3. The van der Waals surface area contributed by atoms with Gasteiger partial charge in [-0.15, -0.1) is 0 Å². The van der Waals surface area contributed by atoms with E-state index in [0.717, 1.165) is 5.56 Å². The maximum atomic E-state index is 12.5. The summed E-state index contributed by atoms with van der Waals surface area (Å²) in [5.74, 6) is -0.492. The number of hydrogen-bond donors (Lipinski definition) is 0. The van der Waals surface area contributed by atoms with Crippen molar-refractivity contribution >= 4 is 17.7 Å². The maximum Gasteiger partial charge on any atom is 0.229 e. The molecule has 1 heterocycles. The molecule has 0 spiro atoms. The van der Waals surface area contributed by atoms with Gasteiger partial charge in [-0.2, -0.15) is 5.26 Å². The first-order valence-electron chi connectivity index (χ1n) is 8.10. The summed E-state index contributed by atoms with van der Waals surface area (Å²) >= 11 is 0. The monoisotopic (exact) mass is 327 g/mol. The van der Waals surface area contributed by atoms with Crippen molar-refractivity contribution in [3.63, 3.8) is 0 Å². The summed E-state index contributed by atoms with van der Waals surface area (Å²) in [4.78, 5) is 38.6. The molecule has 1 aromatic rings. The van der Waals surface area contributed by atoms with Crippen molar-refractivity contribution in [2.24, 2.45) is 0 Å². The van der Waals surface area contributed by atoms with E-state index in [2.05, 4.69) is 6.07 Å². The first kappa shape index (κ1) is 17.7. The second-order valence-corrected chi connectivity index (χ2v) is 5.78. The Morgan fingerprint density at radius 3 is 2.33 bits per heavy atom. The Kier molecular flexibility index (Phi) is 5.69. The quantitative estimate of drug-likeness (QED) is 0.748. The number of carbonyl (C=O) groups excluding carboxylic acids is 3. The molecule has 1 aliphatic rings. The number of likely N-dealkylation sites (tertiary alicyclic amines) is 1. The first-order chi connectivity index (χ1) is 11.5. The molecule has 1 aliphatic heterocycles. The standard InChI is InChI=1S/C18H21N3O3/c1-3-20(13(2)15-6-4-14(12-19)5-7-15)18(24)10-11-21-16(22)8-9-17(21)23/h4-7,13H,3,8-11H2,1-2H3. The number of rotatable bonds is 6. The third-order valence-corrected chi connectivity index (χ3v) is 4.35. The lowest BCUT2D eigenvalue weighted by molar-refractivity contribution is -0.139.